The first-order valence-corrected chi connectivity index (χ1v) is 5.68. The molecule has 16 heavy (non-hydrogen) atoms. The third-order valence-corrected chi connectivity index (χ3v) is 2.67. The van der Waals surface area contributed by atoms with Gasteiger partial charge in [0, 0.05) is 26.2 Å². The second-order valence-corrected chi connectivity index (χ2v) is 3.87. The van der Waals surface area contributed by atoms with Gasteiger partial charge < -0.3 is 24.4 Å². The van der Waals surface area contributed by atoms with E-state index >= 15 is 0 Å². The fourth-order valence-corrected chi connectivity index (χ4v) is 1.73. The van der Waals surface area contributed by atoms with Gasteiger partial charge in [0.1, 0.15) is 12.7 Å². The molecule has 1 N–H and O–H groups in total. The maximum absolute atomic E-state index is 11.6. The summed E-state index contributed by atoms with van der Waals surface area (Å²) in [6.45, 7) is 5.03. The molecule has 0 aromatic rings. The Morgan fingerprint density at radius 2 is 2.19 bits per heavy atom. The highest BCUT2D eigenvalue weighted by atomic mass is 16.6. The van der Waals surface area contributed by atoms with Crippen LogP contribution < -0.4 is 5.32 Å². The Morgan fingerprint density at radius 1 is 1.38 bits per heavy atom. The summed E-state index contributed by atoms with van der Waals surface area (Å²) in [5.74, 6) is 0. The Kier molecular flexibility index (Phi) is 4.38. The molecule has 0 aromatic heterocycles. The molecule has 0 bridgehead atoms. The number of hydrogen-bond donors (Lipinski definition) is 1. The van der Waals surface area contributed by atoms with Gasteiger partial charge in [-0.3, -0.25) is 0 Å². The van der Waals surface area contributed by atoms with E-state index in [-0.39, 0.29) is 12.2 Å². The van der Waals surface area contributed by atoms with Crippen LogP contribution in [-0.2, 0) is 14.2 Å². The van der Waals surface area contributed by atoms with Crippen LogP contribution in [0.5, 0.6) is 0 Å². The van der Waals surface area contributed by atoms with Crippen LogP contribution in [0.3, 0.4) is 0 Å². The summed E-state index contributed by atoms with van der Waals surface area (Å²) in [5, 5.41) is 3.19. The van der Waals surface area contributed by atoms with Gasteiger partial charge in [-0.1, -0.05) is 0 Å². The molecule has 92 valence electrons. The van der Waals surface area contributed by atoms with Crippen molar-refractivity contribution >= 4 is 6.09 Å². The molecule has 1 unspecified atom stereocenters. The molecular formula is C10H18N2O4. The minimum absolute atomic E-state index is 0.0151. The van der Waals surface area contributed by atoms with E-state index in [1.807, 2.05) is 0 Å². The van der Waals surface area contributed by atoms with Gasteiger partial charge in [0.05, 0.1) is 19.8 Å². The SMILES string of the molecule is O=C(OCC1CNCCO1)N1CCOCC1. The van der Waals surface area contributed by atoms with Crippen molar-refractivity contribution in [3.05, 3.63) is 0 Å². The third kappa shape index (κ3) is 3.33. The van der Waals surface area contributed by atoms with Crippen molar-refractivity contribution in [2.75, 3.05) is 52.6 Å². The largest absolute Gasteiger partial charge is 0.447 e. The lowest BCUT2D eigenvalue weighted by atomic mass is 10.3. The predicted molar refractivity (Wildman–Crippen MR) is 56.3 cm³/mol. The predicted octanol–water partition coefficient (Wildman–Crippen LogP) is -0.556. The van der Waals surface area contributed by atoms with E-state index < -0.39 is 0 Å². The molecule has 6 nitrogen and oxygen atoms in total. The molecule has 0 spiro atoms. The number of ether oxygens (including phenoxy) is 3. The summed E-state index contributed by atoms with van der Waals surface area (Å²) < 4.78 is 15.8. The molecule has 2 heterocycles. The van der Waals surface area contributed by atoms with Crippen molar-refractivity contribution in [1.82, 2.24) is 10.2 Å². The van der Waals surface area contributed by atoms with Gasteiger partial charge in [-0.15, -0.1) is 0 Å². The van der Waals surface area contributed by atoms with Gasteiger partial charge in [-0.25, -0.2) is 4.79 Å². The number of nitrogens with zero attached hydrogens (tertiary/aromatic N) is 1. The zero-order valence-corrected chi connectivity index (χ0v) is 9.31. The number of morpholine rings is 2. The molecule has 0 aliphatic carbocycles. The van der Waals surface area contributed by atoms with Crippen LogP contribution in [0, 0.1) is 0 Å². The number of carbonyl (C=O) groups is 1. The monoisotopic (exact) mass is 230 g/mol. The average molecular weight is 230 g/mol. The standard InChI is InChI=1S/C10H18N2O4/c13-10(12-2-5-14-6-3-12)16-8-9-7-11-1-4-15-9/h9,11H,1-8H2. The van der Waals surface area contributed by atoms with Crippen molar-refractivity contribution in [1.29, 1.82) is 0 Å². The molecule has 2 fully saturated rings. The van der Waals surface area contributed by atoms with Crippen LogP contribution in [0.2, 0.25) is 0 Å². The lowest BCUT2D eigenvalue weighted by molar-refractivity contribution is -0.0263. The van der Waals surface area contributed by atoms with E-state index in [1.165, 1.54) is 0 Å². The molecular weight excluding hydrogens is 212 g/mol. The summed E-state index contributed by atoms with van der Waals surface area (Å²) in [6.07, 6.45) is -0.281. The highest BCUT2D eigenvalue weighted by Crippen LogP contribution is 2.02. The molecule has 2 aliphatic heterocycles. The molecule has 2 rings (SSSR count). The minimum atomic E-state index is -0.266. The van der Waals surface area contributed by atoms with Gasteiger partial charge in [-0.05, 0) is 0 Å². The smallest absolute Gasteiger partial charge is 0.410 e. The first-order chi connectivity index (χ1) is 7.86. The van der Waals surface area contributed by atoms with Crippen LogP contribution in [0.25, 0.3) is 0 Å². The van der Waals surface area contributed by atoms with E-state index in [0.29, 0.717) is 39.5 Å². The van der Waals surface area contributed by atoms with Crippen molar-refractivity contribution in [2.24, 2.45) is 0 Å². The molecule has 0 saturated carbocycles. The minimum Gasteiger partial charge on any atom is -0.447 e. The second kappa shape index (κ2) is 6.03. The van der Waals surface area contributed by atoms with Gasteiger partial charge in [0.25, 0.3) is 0 Å². The molecule has 6 heteroatoms. The number of rotatable bonds is 2. The van der Waals surface area contributed by atoms with Crippen LogP contribution in [-0.4, -0.2) is 69.7 Å². The van der Waals surface area contributed by atoms with E-state index in [4.69, 9.17) is 14.2 Å². The van der Waals surface area contributed by atoms with Gasteiger partial charge >= 0.3 is 6.09 Å². The zero-order valence-electron chi connectivity index (χ0n) is 9.31. The summed E-state index contributed by atoms with van der Waals surface area (Å²) >= 11 is 0. The Bertz CT molecular complexity index is 225. The van der Waals surface area contributed by atoms with Crippen LogP contribution in [0.4, 0.5) is 4.79 Å². The lowest BCUT2D eigenvalue weighted by Crippen LogP contribution is -2.44. The quantitative estimate of drug-likeness (QED) is 0.689. The fraction of sp³-hybridized carbons (Fsp3) is 0.900. The molecule has 0 radical (unpaired) electrons. The Balaban J connectivity index is 1.65. The van der Waals surface area contributed by atoms with Crippen molar-refractivity contribution < 1.29 is 19.0 Å². The van der Waals surface area contributed by atoms with Crippen LogP contribution in [0.1, 0.15) is 0 Å². The topological polar surface area (TPSA) is 60.0 Å². The van der Waals surface area contributed by atoms with E-state index in [1.54, 1.807) is 4.90 Å². The second-order valence-electron chi connectivity index (χ2n) is 3.87. The number of amides is 1. The van der Waals surface area contributed by atoms with E-state index in [9.17, 15) is 4.79 Å². The van der Waals surface area contributed by atoms with Crippen molar-refractivity contribution in [3.63, 3.8) is 0 Å². The third-order valence-electron chi connectivity index (χ3n) is 2.67. The molecule has 2 saturated heterocycles. The zero-order chi connectivity index (χ0) is 11.2. The molecule has 2 aliphatic rings. The molecule has 0 aromatic carbocycles. The summed E-state index contributed by atoms with van der Waals surface area (Å²) in [5.41, 5.74) is 0. The summed E-state index contributed by atoms with van der Waals surface area (Å²) in [6, 6.07) is 0. The number of hydrogen-bond acceptors (Lipinski definition) is 5. The van der Waals surface area contributed by atoms with E-state index in [0.717, 1.165) is 13.1 Å². The normalized spacial score (nSPS) is 26.5. The van der Waals surface area contributed by atoms with Crippen LogP contribution >= 0.6 is 0 Å². The fourth-order valence-electron chi connectivity index (χ4n) is 1.73. The summed E-state index contributed by atoms with van der Waals surface area (Å²) in [7, 11) is 0. The van der Waals surface area contributed by atoms with Gasteiger partial charge in [-0.2, -0.15) is 0 Å². The van der Waals surface area contributed by atoms with Crippen molar-refractivity contribution in [2.45, 2.75) is 6.10 Å². The maximum atomic E-state index is 11.6. The first-order valence-electron chi connectivity index (χ1n) is 5.68. The highest BCUT2D eigenvalue weighted by Gasteiger charge is 2.20. The molecule has 1 atom stereocenters. The summed E-state index contributed by atoms with van der Waals surface area (Å²) in [4.78, 5) is 13.3. The molecule has 1 amide bonds. The van der Waals surface area contributed by atoms with Gasteiger partial charge in [0.2, 0.25) is 0 Å². The van der Waals surface area contributed by atoms with Crippen LogP contribution in [0.15, 0.2) is 0 Å². The maximum Gasteiger partial charge on any atom is 0.410 e. The van der Waals surface area contributed by atoms with Crippen molar-refractivity contribution in [3.8, 4) is 0 Å². The lowest BCUT2D eigenvalue weighted by Gasteiger charge is -2.28. The number of nitrogens with one attached hydrogen (secondary N) is 1. The number of carbonyl (C=O) groups excluding carboxylic acids is 1. The Hall–Kier alpha value is -0.850. The Labute approximate surface area is 94.8 Å². The average Bonchev–Trinajstić information content (AvgIpc) is 2.38. The first kappa shape index (κ1) is 11.6. The van der Waals surface area contributed by atoms with Gasteiger partial charge in [0.15, 0.2) is 0 Å². The Morgan fingerprint density at radius 3 is 2.88 bits per heavy atom. The highest BCUT2D eigenvalue weighted by molar-refractivity contribution is 5.67. The van der Waals surface area contributed by atoms with E-state index in [2.05, 4.69) is 5.32 Å².